The van der Waals surface area contributed by atoms with Gasteiger partial charge in [-0.2, -0.15) is 0 Å². The fourth-order valence-corrected chi connectivity index (χ4v) is 4.57. The second-order valence-corrected chi connectivity index (χ2v) is 8.70. The molecule has 0 amide bonds. The zero-order valence-electron chi connectivity index (χ0n) is 14.2. The van der Waals surface area contributed by atoms with Gasteiger partial charge in [0.2, 0.25) is 10.5 Å². The highest BCUT2D eigenvalue weighted by Crippen LogP contribution is 2.35. The molecule has 3 aromatic rings. The number of H-pyrrole nitrogens is 1. The smallest absolute Gasteiger partial charge is 0.238 e. The average Bonchev–Trinajstić information content (AvgIpc) is 3.40. The van der Waals surface area contributed by atoms with Crippen molar-refractivity contribution in [2.24, 2.45) is 5.92 Å². The molecule has 6 nitrogen and oxygen atoms in total. The van der Waals surface area contributed by atoms with Crippen LogP contribution in [0, 0.1) is 12.8 Å². The fourth-order valence-electron chi connectivity index (χ4n) is 2.94. The lowest BCUT2D eigenvalue weighted by molar-refractivity contribution is 0.0963. The fraction of sp³-hybridized carbons (Fsp3) is 0.278. The summed E-state index contributed by atoms with van der Waals surface area (Å²) in [5.74, 6) is 0.0561. The predicted octanol–water partition coefficient (Wildman–Crippen LogP) is 4.03. The molecule has 0 aliphatic heterocycles. The third-order valence-electron chi connectivity index (χ3n) is 4.40. The van der Waals surface area contributed by atoms with Gasteiger partial charge in [0.1, 0.15) is 17.0 Å². The minimum atomic E-state index is -1.72. The number of nitrogens with one attached hydrogen (secondary N) is 1. The van der Waals surface area contributed by atoms with Crippen molar-refractivity contribution in [2.45, 2.75) is 30.5 Å². The number of nitrogens with zero attached hydrogens (tertiary/aromatic N) is 1. The first-order valence-electron chi connectivity index (χ1n) is 8.25. The van der Waals surface area contributed by atoms with E-state index in [4.69, 9.17) is 27.7 Å². The van der Waals surface area contributed by atoms with Crippen LogP contribution < -0.4 is 5.43 Å². The van der Waals surface area contributed by atoms with Crippen molar-refractivity contribution in [3.8, 4) is 0 Å². The third-order valence-corrected chi connectivity index (χ3v) is 6.35. The van der Waals surface area contributed by atoms with Crippen molar-refractivity contribution in [3.05, 3.63) is 55.5 Å². The maximum absolute atomic E-state index is 13.1. The van der Waals surface area contributed by atoms with Gasteiger partial charge < -0.3 is 14.1 Å². The maximum atomic E-state index is 13.1. The Morgan fingerprint density at radius 1 is 1.37 bits per heavy atom. The molecular weight excluding hydrogens is 411 g/mol. The van der Waals surface area contributed by atoms with E-state index in [2.05, 4.69) is 10.1 Å². The number of Topliss-reactive ketones (excluding diaryl/α,β-unsaturated/α-hetero) is 1. The molecule has 1 aromatic carbocycles. The number of fused-ring (bicyclic) bond motifs is 1. The topological polar surface area (TPSA) is 99.0 Å². The van der Waals surface area contributed by atoms with Crippen molar-refractivity contribution in [1.29, 1.82) is 0 Å². The van der Waals surface area contributed by atoms with E-state index in [0.717, 1.165) is 0 Å². The van der Waals surface area contributed by atoms with E-state index in [1.165, 1.54) is 12.1 Å². The van der Waals surface area contributed by atoms with Gasteiger partial charge in [-0.3, -0.25) is 9.59 Å². The van der Waals surface area contributed by atoms with E-state index in [9.17, 15) is 14.1 Å². The Morgan fingerprint density at radius 2 is 2.07 bits per heavy atom. The lowest BCUT2D eigenvalue weighted by Crippen LogP contribution is -2.24. The number of carbonyl (C=O) groups is 1. The molecule has 0 saturated heterocycles. The zero-order chi connectivity index (χ0) is 19.3. The molecule has 2 heterocycles. The summed E-state index contributed by atoms with van der Waals surface area (Å²) in [5, 5.41) is 4.45. The van der Waals surface area contributed by atoms with Crippen molar-refractivity contribution in [3.63, 3.8) is 0 Å². The number of carbonyl (C=O) groups excluding carboxylic acids is 1. The van der Waals surface area contributed by atoms with Crippen LogP contribution in [-0.4, -0.2) is 20.5 Å². The molecule has 1 unspecified atom stereocenters. The van der Waals surface area contributed by atoms with Gasteiger partial charge in [0.15, 0.2) is 11.5 Å². The Kier molecular flexibility index (Phi) is 4.80. The summed E-state index contributed by atoms with van der Waals surface area (Å²) in [6.45, 7) is 1.72. The highest BCUT2D eigenvalue weighted by molar-refractivity contribution is 7.90. The molecular formula is C18H14Cl2N2O4S. The number of benzene rings is 1. The van der Waals surface area contributed by atoms with E-state index in [1.807, 2.05) is 0 Å². The molecule has 1 aliphatic carbocycles. The second-order valence-electron chi connectivity index (χ2n) is 6.49. The normalized spacial score (nSPS) is 15.3. The highest BCUT2D eigenvalue weighted by Gasteiger charge is 2.37. The molecule has 4 rings (SSSR count). The van der Waals surface area contributed by atoms with Crippen LogP contribution in [-0.2, 0) is 16.9 Å². The Bertz CT molecular complexity index is 1120. The standard InChI is InChI=1S/C18H14Cl2N2O4S/c1-8-6-10(22-26-8)7-27(25)18-14(16(23)9-2-3-9)17(24)13-11(19)4-5-12(20)15(13)21-18/h4-6,9H,2-3,7H2,1H3,(H,21,24). The van der Waals surface area contributed by atoms with Crippen LogP contribution in [0.4, 0.5) is 0 Å². The van der Waals surface area contributed by atoms with E-state index in [0.29, 0.717) is 24.3 Å². The largest absolute Gasteiger partial charge is 0.610 e. The van der Waals surface area contributed by atoms with Gasteiger partial charge in [0.25, 0.3) is 0 Å². The van der Waals surface area contributed by atoms with Crippen LogP contribution in [0.25, 0.3) is 10.9 Å². The highest BCUT2D eigenvalue weighted by atomic mass is 35.5. The van der Waals surface area contributed by atoms with Gasteiger partial charge in [0, 0.05) is 23.2 Å². The number of aromatic nitrogens is 2. The minimum Gasteiger partial charge on any atom is -0.610 e. The van der Waals surface area contributed by atoms with Crippen molar-refractivity contribution in [1.82, 2.24) is 10.1 Å². The first kappa shape index (κ1) is 18.6. The van der Waals surface area contributed by atoms with Crippen LogP contribution >= 0.6 is 23.2 Å². The molecule has 1 aliphatic rings. The number of hydrogen-bond donors (Lipinski definition) is 1. The summed E-state index contributed by atoms with van der Waals surface area (Å²) in [7, 11) is 0. The molecule has 140 valence electrons. The third kappa shape index (κ3) is 3.40. The number of aromatic amines is 1. The molecule has 27 heavy (non-hydrogen) atoms. The van der Waals surface area contributed by atoms with Gasteiger partial charge in [-0.05, 0) is 31.9 Å². The van der Waals surface area contributed by atoms with Gasteiger partial charge in [0.05, 0.1) is 20.9 Å². The zero-order valence-corrected chi connectivity index (χ0v) is 16.5. The molecule has 1 atom stereocenters. The summed E-state index contributed by atoms with van der Waals surface area (Å²) in [6.07, 6.45) is 1.43. The SMILES string of the molecule is Cc1cc(C[S+]([O-])c2[nH]c3c(Cl)ccc(Cl)c3c(=O)c2C(=O)C2CC2)no1. The van der Waals surface area contributed by atoms with Gasteiger partial charge in [-0.25, -0.2) is 0 Å². The number of rotatable bonds is 5. The monoisotopic (exact) mass is 424 g/mol. The van der Waals surface area contributed by atoms with Crippen molar-refractivity contribution < 1.29 is 13.9 Å². The number of halogens is 2. The first-order valence-corrected chi connectivity index (χ1v) is 10.3. The second kappa shape index (κ2) is 6.98. The maximum Gasteiger partial charge on any atom is 0.238 e. The van der Waals surface area contributed by atoms with E-state index >= 15 is 0 Å². The van der Waals surface area contributed by atoms with Crippen molar-refractivity contribution in [2.75, 3.05) is 0 Å². The average molecular weight is 425 g/mol. The van der Waals surface area contributed by atoms with Crippen LogP contribution in [0.1, 0.15) is 34.7 Å². The van der Waals surface area contributed by atoms with Gasteiger partial charge in [-0.1, -0.05) is 28.4 Å². The molecule has 1 saturated carbocycles. The molecule has 0 bridgehead atoms. The molecule has 1 N–H and O–H groups in total. The summed E-state index contributed by atoms with van der Waals surface area (Å²) >= 11 is 10.7. The summed E-state index contributed by atoms with van der Waals surface area (Å²) < 4.78 is 18.0. The Labute approximate surface area is 167 Å². The molecule has 2 aromatic heterocycles. The molecule has 0 spiro atoms. The van der Waals surface area contributed by atoms with Crippen LogP contribution in [0.5, 0.6) is 0 Å². The molecule has 9 heteroatoms. The number of ketones is 1. The quantitative estimate of drug-likeness (QED) is 0.492. The minimum absolute atomic E-state index is 0.00190. The summed E-state index contributed by atoms with van der Waals surface area (Å²) in [4.78, 5) is 28.8. The lowest BCUT2D eigenvalue weighted by Gasteiger charge is -2.14. The Morgan fingerprint density at radius 3 is 2.70 bits per heavy atom. The van der Waals surface area contributed by atoms with Crippen LogP contribution in [0.3, 0.4) is 0 Å². The predicted molar refractivity (Wildman–Crippen MR) is 103 cm³/mol. The molecule has 1 fully saturated rings. The van der Waals surface area contributed by atoms with E-state index in [-0.39, 0.29) is 49.0 Å². The number of hydrogen-bond acceptors (Lipinski definition) is 5. The number of pyridine rings is 1. The summed E-state index contributed by atoms with van der Waals surface area (Å²) in [5.41, 5.74) is 0.0792. The van der Waals surface area contributed by atoms with Gasteiger partial charge >= 0.3 is 0 Å². The van der Waals surface area contributed by atoms with Crippen molar-refractivity contribution >= 4 is 51.1 Å². The van der Waals surface area contributed by atoms with Gasteiger partial charge in [-0.15, -0.1) is 0 Å². The van der Waals surface area contributed by atoms with Crippen LogP contribution in [0.2, 0.25) is 10.0 Å². The van der Waals surface area contributed by atoms with E-state index in [1.54, 1.807) is 13.0 Å². The summed E-state index contributed by atoms with van der Waals surface area (Å²) in [6, 6.07) is 4.70. The Hall–Kier alpha value is -1.80. The van der Waals surface area contributed by atoms with Crippen LogP contribution in [0.15, 0.2) is 32.5 Å². The Balaban J connectivity index is 1.91. The first-order chi connectivity index (χ1) is 12.9. The molecule has 0 radical (unpaired) electrons. The lowest BCUT2D eigenvalue weighted by atomic mass is 10.1. The van der Waals surface area contributed by atoms with E-state index < -0.39 is 16.6 Å². The number of aryl methyl sites for hydroxylation is 1.